The normalized spacial score (nSPS) is 11.0. The van der Waals surface area contributed by atoms with Gasteiger partial charge < -0.3 is 19.8 Å². The van der Waals surface area contributed by atoms with Crippen LogP contribution in [0.25, 0.3) is 5.65 Å². The van der Waals surface area contributed by atoms with Gasteiger partial charge in [-0.25, -0.2) is 9.78 Å². The highest BCUT2D eigenvalue weighted by atomic mass is 79.9. The summed E-state index contributed by atoms with van der Waals surface area (Å²) >= 11 is 16.2. The van der Waals surface area contributed by atoms with Gasteiger partial charge in [-0.15, -0.1) is 0 Å². The largest absolute Gasteiger partial charge is 0.465 e. The Labute approximate surface area is 168 Å². The maximum absolute atomic E-state index is 12.3. The van der Waals surface area contributed by atoms with E-state index in [0.717, 1.165) is 10.2 Å². The lowest BCUT2D eigenvalue weighted by molar-refractivity contribution is 0.0601. The standard InChI is InChI=1S/C17H15BrCl2N4O2/c1-21-6-10-7-22-16-14(20)15(11(8-24(10)16)17(25)26-2)23-13-4-3-9(18)5-12(13)19/h3-5,7-8,21,23H,6H2,1-2H3. The molecule has 136 valence electrons. The minimum Gasteiger partial charge on any atom is -0.465 e. The highest BCUT2D eigenvalue weighted by Gasteiger charge is 2.21. The van der Waals surface area contributed by atoms with E-state index in [0.29, 0.717) is 33.6 Å². The van der Waals surface area contributed by atoms with Gasteiger partial charge in [0.05, 0.1) is 35.4 Å². The van der Waals surface area contributed by atoms with Crippen molar-refractivity contribution in [3.8, 4) is 0 Å². The van der Waals surface area contributed by atoms with Crippen molar-refractivity contribution in [3.63, 3.8) is 0 Å². The Morgan fingerprint density at radius 2 is 2.15 bits per heavy atom. The van der Waals surface area contributed by atoms with Crippen LogP contribution in [0, 0.1) is 0 Å². The van der Waals surface area contributed by atoms with Gasteiger partial charge in [0.25, 0.3) is 0 Å². The molecule has 0 aliphatic rings. The number of carbonyl (C=O) groups excluding carboxylic acids is 1. The Morgan fingerprint density at radius 3 is 2.81 bits per heavy atom. The molecule has 2 N–H and O–H groups in total. The Balaban J connectivity index is 2.19. The number of rotatable bonds is 5. The van der Waals surface area contributed by atoms with Gasteiger partial charge in [-0.2, -0.15) is 0 Å². The van der Waals surface area contributed by atoms with Gasteiger partial charge in [0.2, 0.25) is 0 Å². The number of benzene rings is 1. The summed E-state index contributed by atoms with van der Waals surface area (Å²) in [6, 6.07) is 5.36. The maximum atomic E-state index is 12.3. The van der Waals surface area contributed by atoms with Crippen LogP contribution in [0.15, 0.2) is 35.1 Å². The van der Waals surface area contributed by atoms with Gasteiger partial charge in [0.15, 0.2) is 5.65 Å². The number of methoxy groups -OCH3 is 1. The number of anilines is 2. The van der Waals surface area contributed by atoms with Crippen molar-refractivity contribution in [2.24, 2.45) is 0 Å². The number of carbonyl (C=O) groups is 1. The Bertz CT molecular complexity index is 991. The van der Waals surface area contributed by atoms with E-state index >= 15 is 0 Å². The molecule has 0 fully saturated rings. The average Bonchev–Trinajstić information content (AvgIpc) is 3.02. The van der Waals surface area contributed by atoms with Crippen molar-refractivity contribution in [3.05, 3.63) is 56.4 Å². The number of nitrogens with zero attached hydrogens (tertiary/aromatic N) is 2. The molecule has 1 aromatic carbocycles. The SMILES string of the molecule is CNCc1cnc2c(Cl)c(Nc3ccc(Br)cc3Cl)c(C(=O)OC)cn12. The number of hydrogen-bond donors (Lipinski definition) is 2. The highest BCUT2D eigenvalue weighted by molar-refractivity contribution is 9.10. The van der Waals surface area contributed by atoms with Gasteiger partial charge in [-0.05, 0) is 25.2 Å². The summed E-state index contributed by atoms with van der Waals surface area (Å²) in [6.07, 6.45) is 3.36. The van der Waals surface area contributed by atoms with Gasteiger partial charge >= 0.3 is 5.97 Å². The molecular formula is C17H15BrCl2N4O2. The van der Waals surface area contributed by atoms with Gasteiger partial charge in [-0.1, -0.05) is 39.1 Å². The van der Waals surface area contributed by atoms with Crippen LogP contribution in [-0.2, 0) is 11.3 Å². The van der Waals surface area contributed by atoms with E-state index in [2.05, 4.69) is 31.5 Å². The van der Waals surface area contributed by atoms with Crippen LogP contribution in [0.5, 0.6) is 0 Å². The summed E-state index contributed by atoms with van der Waals surface area (Å²) in [4.78, 5) is 16.7. The monoisotopic (exact) mass is 456 g/mol. The van der Waals surface area contributed by atoms with Crippen LogP contribution in [-0.4, -0.2) is 29.5 Å². The van der Waals surface area contributed by atoms with Crippen molar-refractivity contribution in [2.75, 3.05) is 19.5 Å². The second kappa shape index (κ2) is 7.84. The van der Waals surface area contributed by atoms with E-state index in [1.165, 1.54) is 7.11 Å². The van der Waals surface area contributed by atoms with Gasteiger partial charge in [0, 0.05) is 17.2 Å². The van der Waals surface area contributed by atoms with E-state index in [-0.39, 0.29) is 5.56 Å². The van der Waals surface area contributed by atoms with E-state index in [1.54, 1.807) is 28.9 Å². The zero-order valence-corrected chi connectivity index (χ0v) is 17.0. The summed E-state index contributed by atoms with van der Waals surface area (Å²) in [5, 5.41) is 6.96. The number of fused-ring (bicyclic) bond motifs is 1. The Morgan fingerprint density at radius 1 is 1.38 bits per heavy atom. The molecule has 0 spiro atoms. The van der Waals surface area contributed by atoms with Gasteiger partial charge in [-0.3, -0.25) is 0 Å². The van der Waals surface area contributed by atoms with Crippen molar-refractivity contribution in [2.45, 2.75) is 6.54 Å². The number of esters is 1. The second-order valence-electron chi connectivity index (χ2n) is 5.45. The predicted molar refractivity (Wildman–Crippen MR) is 107 cm³/mol. The lowest BCUT2D eigenvalue weighted by Gasteiger charge is -2.15. The number of hydrogen-bond acceptors (Lipinski definition) is 5. The first-order chi connectivity index (χ1) is 12.5. The fourth-order valence-corrected chi connectivity index (χ4v) is 3.56. The third-order valence-corrected chi connectivity index (χ3v) is 4.93. The molecule has 6 nitrogen and oxygen atoms in total. The van der Waals surface area contributed by atoms with Crippen LogP contribution in [0.1, 0.15) is 16.1 Å². The van der Waals surface area contributed by atoms with Crippen molar-refractivity contribution >= 4 is 62.1 Å². The smallest absolute Gasteiger partial charge is 0.341 e. The number of halogens is 3. The molecule has 3 rings (SSSR count). The summed E-state index contributed by atoms with van der Waals surface area (Å²) in [5.74, 6) is -0.520. The third-order valence-electron chi connectivity index (χ3n) is 3.77. The molecule has 0 saturated heterocycles. The van der Waals surface area contributed by atoms with Crippen molar-refractivity contribution < 1.29 is 9.53 Å². The molecule has 3 aromatic rings. The molecule has 26 heavy (non-hydrogen) atoms. The van der Waals surface area contributed by atoms with E-state index in [1.807, 2.05) is 13.1 Å². The fraction of sp³-hybridized carbons (Fsp3) is 0.176. The molecule has 0 aliphatic carbocycles. The molecule has 0 aliphatic heterocycles. The molecule has 0 unspecified atom stereocenters. The Hall–Kier alpha value is -1.80. The lowest BCUT2D eigenvalue weighted by atomic mass is 10.2. The number of aromatic nitrogens is 2. The average molecular weight is 458 g/mol. The zero-order valence-electron chi connectivity index (χ0n) is 13.9. The maximum Gasteiger partial charge on any atom is 0.341 e. The number of pyridine rings is 1. The summed E-state index contributed by atoms with van der Waals surface area (Å²) in [7, 11) is 3.15. The summed E-state index contributed by atoms with van der Waals surface area (Å²) < 4.78 is 7.52. The second-order valence-corrected chi connectivity index (χ2v) is 7.15. The van der Waals surface area contributed by atoms with E-state index in [9.17, 15) is 4.79 Å². The molecule has 0 atom stereocenters. The number of nitrogens with one attached hydrogen (secondary N) is 2. The van der Waals surface area contributed by atoms with E-state index in [4.69, 9.17) is 27.9 Å². The number of imidazole rings is 1. The minimum absolute atomic E-state index is 0.277. The summed E-state index contributed by atoms with van der Waals surface area (Å²) in [6.45, 7) is 0.573. The van der Waals surface area contributed by atoms with Crippen LogP contribution in [0.2, 0.25) is 10.0 Å². The summed E-state index contributed by atoms with van der Waals surface area (Å²) in [5.41, 5.74) is 2.66. The van der Waals surface area contributed by atoms with Crippen LogP contribution in [0.4, 0.5) is 11.4 Å². The van der Waals surface area contributed by atoms with Crippen molar-refractivity contribution in [1.82, 2.24) is 14.7 Å². The van der Waals surface area contributed by atoms with Crippen LogP contribution in [0.3, 0.4) is 0 Å². The number of ether oxygens (including phenoxy) is 1. The first kappa shape index (κ1) is 19.0. The van der Waals surface area contributed by atoms with Crippen LogP contribution < -0.4 is 10.6 Å². The third kappa shape index (κ3) is 3.53. The molecule has 2 heterocycles. The molecule has 9 heteroatoms. The topological polar surface area (TPSA) is 67.7 Å². The molecular weight excluding hydrogens is 443 g/mol. The first-order valence-corrected chi connectivity index (χ1v) is 9.14. The zero-order chi connectivity index (χ0) is 18.8. The quantitative estimate of drug-likeness (QED) is 0.545. The Kier molecular flexibility index (Phi) is 5.72. The molecule has 0 amide bonds. The molecule has 2 aromatic heterocycles. The molecule has 0 radical (unpaired) electrons. The van der Waals surface area contributed by atoms with E-state index < -0.39 is 5.97 Å². The highest BCUT2D eigenvalue weighted by Crippen LogP contribution is 2.36. The first-order valence-electron chi connectivity index (χ1n) is 7.59. The van der Waals surface area contributed by atoms with Crippen molar-refractivity contribution in [1.29, 1.82) is 0 Å². The molecule has 0 bridgehead atoms. The van der Waals surface area contributed by atoms with Gasteiger partial charge in [0.1, 0.15) is 10.6 Å². The lowest BCUT2D eigenvalue weighted by Crippen LogP contribution is -2.11. The van der Waals surface area contributed by atoms with Crippen LogP contribution >= 0.6 is 39.1 Å². The minimum atomic E-state index is -0.520. The predicted octanol–water partition coefficient (Wildman–Crippen LogP) is 4.65. The molecule has 0 saturated carbocycles. The fourth-order valence-electron chi connectivity index (χ4n) is 2.55.